The van der Waals surface area contributed by atoms with Crippen LogP contribution in [0.5, 0.6) is 5.88 Å². The highest BCUT2D eigenvalue weighted by Crippen LogP contribution is 2.41. The Morgan fingerprint density at radius 1 is 1.04 bits per heavy atom. The van der Waals surface area contributed by atoms with Crippen molar-refractivity contribution in [1.82, 2.24) is 9.29 Å². The Hall–Kier alpha value is -1.44. The van der Waals surface area contributed by atoms with Crippen LogP contribution in [-0.2, 0) is 10.0 Å². The first kappa shape index (κ1) is 17.0. The highest BCUT2D eigenvalue weighted by Gasteiger charge is 2.48. The molecule has 1 aromatic carbocycles. The number of hydrogen-bond acceptors (Lipinski definition) is 4. The maximum atomic E-state index is 13.2. The number of sulfonamides is 1. The molecule has 0 radical (unpaired) electrons. The summed E-state index contributed by atoms with van der Waals surface area (Å²) < 4.78 is 34.7. The molecule has 2 unspecified atom stereocenters. The summed E-state index contributed by atoms with van der Waals surface area (Å²) in [5.74, 6) is 0.606. The van der Waals surface area contributed by atoms with Crippen LogP contribution < -0.4 is 4.74 Å². The van der Waals surface area contributed by atoms with E-state index in [4.69, 9.17) is 4.74 Å². The van der Waals surface area contributed by atoms with Crippen LogP contribution >= 0.6 is 15.9 Å². The topological polar surface area (TPSA) is 59.5 Å². The summed E-state index contributed by atoms with van der Waals surface area (Å²) in [6, 6.07) is 12.6. The molecule has 2 atom stereocenters. The number of halogens is 1. The lowest BCUT2D eigenvalue weighted by molar-refractivity contribution is 0.0918. The van der Waals surface area contributed by atoms with Crippen LogP contribution in [0.25, 0.3) is 0 Å². The van der Waals surface area contributed by atoms with Crippen LogP contribution in [0.1, 0.15) is 25.7 Å². The Morgan fingerprint density at radius 2 is 1.72 bits per heavy atom. The lowest BCUT2D eigenvalue weighted by Crippen LogP contribution is -2.49. The van der Waals surface area contributed by atoms with E-state index in [2.05, 4.69) is 20.9 Å². The van der Waals surface area contributed by atoms with Gasteiger partial charge in [0.2, 0.25) is 15.9 Å². The van der Waals surface area contributed by atoms with Crippen molar-refractivity contribution in [3.63, 3.8) is 0 Å². The van der Waals surface area contributed by atoms with E-state index in [0.717, 1.165) is 12.8 Å². The van der Waals surface area contributed by atoms with Crippen molar-refractivity contribution in [3.8, 4) is 5.88 Å². The lowest BCUT2D eigenvalue weighted by Gasteiger charge is -2.37. The third-order valence-corrected chi connectivity index (χ3v) is 7.96. The van der Waals surface area contributed by atoms with Gasteiger partial charge in [-0.3, -0.25) is 0 Å². The molecule has 0 saturated carbocycles. The van der Waals surface area contributed by atoms with E-state index >= 15 is 0 Å². The Kier molecular flexibility index (Phi) is 4.56. The second kappa shape index (κ2) is 6.70. The van der Waals surface area contributed by atoms with Crippen molar-refractivity contribution < 1.29 is 13.2 Å². The molecule has 2 saturated heterocycles. The standard InChI is InChI=1S/C18H19BrN2O3S/c19-16-5-1-2-6-17(16)25(22,23)21-13-8-9-14(21)12-15(11-13)24-18-7-3-4-10-20-18/h1-7,10,13-15H,8-9,11-12H2. The van der Waals surface area contributed by atoms with Crippen molar-refractivity contribution in [3.05, 3.63) is 53.1 Å². The van der Waals surface area contributed by atoms with Crippen molar-refractivity contribution in [2.24, 2.45) is 0 Å². The molecule has 132 valence electrons. The van der Waals surface area contributed by atoms with Gasteiger partial charge in [-0.15, -0.1) is 0 Å². The fourth-order valence-electron chi connectivity index (χ4n) is 3.93. The minimum absolute atomic E-state index is 0.00966. The molecular formula is C18H19BrN2O3S. The quantitative estimate of drug-likeness (QED) is 0.754. The largest absolute Gasteiger partial charge is 0.474 e. The van der Waals surface area contributed by atoms with Gasteiger partial charge in [-0.25, -0.2) is 13.4 Å². The van der Waals surface area contributed by atoms with Crippen molar-refractivity contribution in [2.75, 3.05) is 0 Å². The van der Waals surface area contributed by atoms with Crippen LogP contribution in [-0.4, -0.2) is 35.9 Å². The molecule has 0 N–H and O–H groups in total. The molecule has 2 bridgehead atoms. The number of piperidine rings is 1. The zero-order chi connectivity index (χ0) is 17.4. The van der Waals surface area contributed by atoms with Gasteiger partial charge in [0.05, 0.1) is 4.90 Å². The Balaban J connectivity index is 1.56. The average molecular weight is 423 g/mol. The number of nitrogens with zero attached hydrogens (tertiary/aromatic N) is 2. The van der Waals surface area contributed by atoms with E-state index in [0.29, 0.717) is 28.1 Å². The molecule has 0 aliphatic carbocycles. The maximum absolute atomic E-state index is 13.2. The van der Waals surface area contributed by atoms with E-state index in [9.17, 15) is 8.42 Å². The van der Waals surface area contributed by atoms with Crippen molar-refractivity contribution >= 4 is 26.0 Å². The third-order valence-electron chi connectivity index (χ3n) is 4.94. The van der Waals surface area contributed by atoms with Gasteiger partial charge in [-0.1, -0.05) is 18.2 Å². The normalized spacial score (nSPS) is 26.5. The Labute approximate surface area is 156 Å². The molecule has 7 heteroatoms. The van der Waals surface area contributed by atoms with E-state index in [1.165, 1.54) is 0 Å². The van der Waals surface area contributed by atoms with Crippen LogP contribution in [0.4, 0.5) is 0 Å². The third kappa shape index (κ3) is 3.20. The van der Waals surface area contributed by atoms with Gasteiger partial charge >= 0.3 is 0 Å². The smallest absolute Gasteiger partial charge is 0.244 e. The van der Waals surface area contributed by atoms with E-state index in [-0.39, 0.29) is 18.2 Å². The monoisotopic (exact) mass is 422 g/mol. The molecular weight excluding hydrogens is 404 g/mol. The molecule has 5 nitrogen and oxygen atoms in total. The molecule has 3 heterocycles. The van der Waals surface area contributed by atoms with Gasteiger partial charge in [0.1, 0.15) is 6.10 Å². The minimum Gasteiger partial charge on any atom is -0.474 e. The lowest BCUT2D eigenvalue weighted by atomic mass is 10.0. The average Bonchev–Trinajstić information content (AvgIpc) is 2.89. The number of ether oxygens (including phenoxy) is 1. The Bertz CT molecular complexity index is 846. The summed E-state index contributed by atoms with van der Waals surface area (Å²) in [7, 11) is -3.51. The molecule has 2 aliphatic rings. The maximum Gasteiger partial charge on any atom is 0.244 e. The van der Waals surface area contributed by atoms with Gasteiger partial charge < -0.3 is 4.74 Å². The van der Waals surface area contributed by atoms with Crippen molar-refractivity contribution in [2.45, 2.75) is 48.8 Å². The fraction of sp³-hybridized carbons (Fsp3) is 0.389. The minimum atomic E-state index is -3.51. The SMILES string of the molecule is O=S(=O)(c1ccccc1Br)N1C2CCC1CC(Oc1ccccn1)C2. The summed E-state index contributed by atoms with van der Waals surface area (Å²) in [5.41, 5.74) is 0. The van der Waals surface area contributed by atoms with Gasteiger partial charge in [0.15, 0.2) is 0 Å². The van der Waals surface area contributed by atoms with Crippen LogP contribution in [0, 0.1) is 0 Å². The van der Waals surface area contributed by atoms with Gasteiger partial charge in [-0.2, -0.15) is 4.31 Å². The fourth-order valence-corrected chi connectivity index (χ4v) is 6.79. The molecule has 1 aromatic heterocycles. The zero-order valence-electron chi connectivity index (χ0n) is 13.6. The number of benzene rings is 1. The first-order valence-corrected chi connectivity index (χ1v) is 10.6. The summed E-state index contributed by atoms with van der Waals surface area (Å²) in [4.78, 5) is 4.55. The van der Waals surface area contributed by atoms with Crippen LogP contribution in [0.15, 0.2) is 58.0 Å². The van der Waals surface area contributed by atoms with Crippen LogP contribution in [0.2, 0.25) is 0 Å². The second-order valence-corrected chi connectivity index (χ2v) is 9.20. The zero-order valence-corrected chi connectivity index (χ0v) is 16.0. The molecule has 2 fully saturated rings. The summed E-state index contributed by atoms with van der Waals surface area (Å²) in [6.45, 7) is 0. The summed E-state index contributed by atoms with van der Waals surface area (Å²) in [5, 5.41) is 0. The van der Waals surface area contributed by atoms with Gasteiger partial charge in [-0.05, 0) is 47.0 Å². The highest BCUT2D eigenvalue weighted by atomic mass is 79.9. The van der Waals surface area contributed by atoms with Gasteiger partial charge in [0, 0.05) is 41.7 Å². The number of pyridine rings is 1. The van der Waals surface area contributed by atoms with E-state index in [1.807, 2.05) is 24.3 Å². The van der Waals surface area contributed by atoms with Crippen molar-refractivity contribution in [1.29, 1.82) is 0 Å². The molecule has 2 aromatic rings. The second-order valence-electron chi connectivity index (χ2n) is 6.53. The molecule has 2 aliphatic heterocycles. The highest BCUT2D eigenvalue weighted by molar-refractivity contribution is 9.10. The van der Waals surface area contributed by atoms with Gasteiger partial charge in [0.25, 0.3) is 0 Å². The summed E-state index contributed by atoms with van der Waals surface area (Å²) >= 11 is 3.38. The first-order valence-electron chi connectivity index (χ1n) is 8.41. The molecule has 25 heavy (non-hydrogen) atoms. The first-order chi connectivity index (χ1) is 12.1. The van der Waals surface area contributed by atoms with E-state index < -0.39 is 10.0 Å². The summed E-state index contributed by atoms with van der Waals surface area (Å²) in [6.07, 6.45) is 4.90. The van der Waals surface area contributed by atoms with Crippen LogP contribution in [0.3, 0.4) is 0 Å². The molecule has 0 spiro atoms. The molecule has 4 rings (SSSR count). The Morgan fingerprint density at radius 3 is 2.36 bits per heavy atom. The predicted octanol–water partition coefficient (Wildman–Crippen LogP) is 3.61. The number of hydrogen-bond donors (Lipinski definition) is 0. The predicted molar refractivity (Wildman–Crippen MR) is 97.9 cm³/mol. The van der Waals surface area contributed by atoms with E-state index in [1.54, 1.807) is 28.7 Å². The number of rotatable bonds is 4. The number of aromatic nitrogens is 1. The number of fused-ring (bicyclic) bond motifs is 2. The molecule has 0 amide bonds.